The summed E-state index contributed by atoms with van der Waals surface area (Å²) in [6.07, 6.45) is 1.38. The molecule has 0 bridgehead atoms. The normalized spacial score (nSPS) is 19.3. The lowest BCUT2D eigenvalue weighted by Gasteiger charge is -2.42. The Morgan fingerprint density at radius 1 is 0.955 bits per heavy atom. The van der Waals surface area contributed by atoms with E-state index in [1.54, 1.807) is 6.92 Å². The summed E-state index contributed by atoms with van der Waals surface area (Å²) in [5, 5.41) is 19.6. The van der Waals surface area contributed by atoms with Crippen LogP contribution in [0.4, 0.5) is 0 Å². The molecule has 0 amide bonds. The maximum absolute atomic E-state index is 12.0. The van der Waals surface area contributed by atoms with Gasteiger partial charge in [-0.05, 0) is 42.9 Å². The Morgan fingerprint density at radius 2 is 1.41 bits per heavy atom. The predicted octanol–water partition coefficient (Wildman–Crippen LogP) is 4.53. The SMILES string of the molecule is CC(C)CC(C)C(C(=O)O)C(C)(C(=O)O)C(C)CC(C)(C)C. The molecule has 0 saturated carbocycles. The Kier molecular flexibility index (Phi) is 7.11. The molecule has 0 aromatic carbocycles. The summed E-state index contributed by atoms with van der Waals surface area (Å²) in [6.45, 7) is 15.6. The largest absolute Gasteiger partial charge is 0.481 e. The minimum Gasteiger partial charge on any atom is -0.481 e. The van der Waals surface area contributed by atoms with Crippen LogP contribution in [0, 0.1) is 34.5 Å². The van der Waals surface area contributed by atoms with E-state index in [-0.39, 0.29) is 17.3 Å². The maximum Gasteiger partial charge on any atom is 0.310 e. The van der Waals surface area contributed by atoms with Crippen LogP contribution in [0.1, 0.15) is 68.2 Å². The quantitative estimate of drug-likeness (QED) is 0.690. The molecule has 0 rings (SSSR count). The van der Waals surface area contributed by atoms with E-state index in [1.165, 1.54) is 0 Å². The first kappa shape index (κ1) is 20.9. The average molecular weight is 314 g/mol. The third-order valence-electron chi connectivity index (χ3n) is 4.73. The number of rotatable bonds is 8. The van der Waals surface area contributed by atoms with Gasteiger partial charge in [0, 0.05) is 0 Å². The topological polar surface area (TPSA) is 74.6 Å². The van der Waals surface area contributed by atoms with Gasteiger partial charge in [0.2, 0.25) is 0 Å². The van der Waals surface area contributed by atoms with Gasteiger partial charge in [0.05, 0.1) is 11.3 Å². The van der Waals surface area contributed by atoms with Gasteiger partial charge in [-0.25, -0.2) is 0 Å². The van der Waals surface area contributed by atoms with Crippen LogP contribution in [0.2, 0.25) is 0 Å². The van der Waals surface area contributed by atoms with Crippen molar-refractivity contribution >= 4 is 11.9 Å². The fraction of sp³-hybridized carbons (Fsp3) is 0.889. The van der Waals surface area contributed by atoms with Gasteiger partial charge >= 0.3 is 11.9 Å². The zero-order valence-electron chi connectivity index (χ0n) is 15.4. The molecule has 0 fully saturated rings. The molecule has 4 nitrogen and oxygen atoms in total. The molecule has 0 saturated heterocycles. The van der Waals surface area contributed by atoms with Crippen LogP contribution >= 0.6 is 0 Å². The molecular weight excluding hydrogens is 280 g/mol. The van der Waals surface area contributed by atoms with Gasteiger partial charge in [-0.2, -0.15) is 0 Å². The van der Waals surface area contributed by atoms with Crippen molar-refractivity contribution in [2.75, 3.05) is 0 Å². The van der Waals surface area contributed by atoms with Crippen LogP contribution in [0.15, 0.2) is 0 Å². The van der Waals surface area contributed by atoms with Crippen molar-refractivity contribution in [1.29, 1.82) is 0 Å². The van der Waals surface area contributed by atoms with Crippen LogP contribution in [0.5, 0.6) is 0 Å². The number of carboxylic acid groups (broad SMARTS) is 2. The molecule has 0 spiro atoms. The molecule has 0 aliphatic carbocycles. The van der Waals surface area contributed by atoms with Crippen molar-refractivity contribution in [2.45, 2.75) is 68.2 Å². The summed E-state index contributed by atoms with van der Waals surface area (Å²) >= 11 is 0. The first-order chi connectivity index (χ1) is 9.73. The Labute approximate surface area is 135 Å². The number of carbonyl (C=O) groups is 2. The lowest BCUT2D eigenvalue weighted by molar-refractivity contribution is -0.169. The highest BCUT2D eigenvalue weighted by Gasteiger charge is 2.52. The van der Waals surface area contributed by atoms with Gasteiger partial charge < -0.3 is 10.2 Å². The summed E-state index contributed by atoms with van der Waals surface area (Å²) in [5.74, 6) is -2.95. The van der Waals surface area contributed by atoms with E-state index in [2.05, 4.69) is 20.8 Å². The van der Waals surface area contributed by atoms with Crippen LogP contribution in [0.25, 0.3) is 0 Å². The molecule has 0 radical (unpaired) electrons. The standard InChI is InChI=1S/C18H34O4/c1-11(2)9-12(3)14(15(19)20)18(8,16(21)22)13(4)10-17(5,6)7/h11-14H,9-10H2,1-8H3,(H,19,20)(H,21,22). The van der Waals surface area contributed by atoms with Gasteiger partial charge in [-0.3, -0.25) is 9.59 Å². The third-order valence-corrected chi connectivity index (χ3v) is 4.73. The van der Waals surface area contributed by atoms with Crippen LogP contribution < -0.4 is 0 Å². The third kappa shape index (κ3) is 5.29. The summed E-state index contributed by atoms with van der Waals surface area (Å²) in [4.78, 5) is 23.9. The number of hydrogen-bond acceptors (Lipinski definition) is 2. The first-order valence-electron chi connectivity index (χ1n) is 8.19. The van der Waals surface area contributed by atoms with E-state index in [4.69, 9.17) is 0 Å². The fourth-order valence-electron chi connectivity index (χ4n) is 3.75. The summed E-state index contributed by atoms with van der Waals surface area (Å²) in [5.41, 5.74) is -1.31. The second-order valence-electron chi connectivity index (χ2n) is 8.68. The molecule has 2 N–H and O–H groups in total. The Hall–Kier alpha value is -1.06. The number of carboxylic acids is 2. The Morgan fingerprint density at radius 3 is 1.68 bits per heavy atom. The second kappa shape index (κ2) is 7.47. The van der Waals surface area contributed by atoms with Crippen LogP contribution in [0.3, 0.4) is 0 Å². The maximum atomic E-state index is 12.0. The van der Waals surface area contributed by atoms with Crippen LogP contribution in [-0.4, -0.2) is 22.2 Å². The van der Waals surface area contributed by atoms with Gasteiger partial charge in [-0.1, -0.05) is 48.5 Å². The van der Waals surface area contributed by atoms with E-state index in [9.17, 15) is 19.8 Å². The Balaban J connectivity index is 5.73. The minimum absolute atomic E-state index is 0.0412. The van der Waals surface area contributed by atoms with E-state index in [1.807, 2.05) is 27.7 Å². The highest BCUT2D eigenvalue weighted by molar-refractivity contribution is 5.83. The molecule has 0 aromatic rings. The number of hydrogen-bond donors (Lipinski definition) is 2. The highest BCUT2D eigenvalue weighted by atomic mass is 16.4. The fourth-order valence-corrected chi connectivity index (χ4v) is 3.75. The van der Waals surface area contributed by atoms with E-state index in [0.717, 1.165) is 0 Å². The van der Waals surface area contributed by atoms with Gasteiger partial charge in [0.15, 0.2) is 0 Å². The molecule has 0 aliphatic heterocycles. The van der Waals surface area contributed by atoms with Gasteiger partial charge in [0.1, 0.15) is 0 Å². The highest BCUT2D eigenvalue weighted by Crippen LogP contribution is 2.46. The van der Waals surface area contributed by atoms with Crippen molar-refractivity contribution in [2.24, 2.45) is 34.5 Å². The molecule has 130 valence electrons. The second-order valence-corrected chi connectivity index (χ2v) is 8.68. The van der Waals surface area contributed by atoms with Crippen molar-refractivity contribution < 1.29 is 19.8 Å². The molecule has 0 aliphatic rings. The summed E-state index contributed by atoms with van der Waals surface area (Å²) in [7, 11) is 0. The predicted molar refractivity (Wildman–Crippen MR) is 88.7 cm³/mol. The zero-order valence-corrected chi connectivity index (χ0v) is 15.4. The average Bonchev–Trinajstić information content (AvgIpc) is 2.23. The van der Waals surface area contributed by atoms with E-state index < -0.39 is 23.3 Å². The Bertz CT molecular complexity index is 394. The smallest absolute Gasteiger partial charge is 0.310 e. The van der Waals surface area contributed by atoms with E-state index >= 15 is 0 Å². The zero-order chi connectivity index (χ0) is 17.9. The minimum atomic E-state index is -1.27. The molecule has 4 unspecified atom stereocenters. The molecule has 22 heavy (non-hydrogen) atoms. The lowest BCUT2D eigenvalue weighted by atomic mass is 9.60. The summed E-state index contributed by atoms with van der Waals surface area (Å²) in [6, 6.07) is 0. The molecule has 4 heteroatoms. The molecular formula is C18H34O4. The van der Waals surface area contributed by atoms with E-state index in [0.29, 0.717) is 18.8 Å². The van der Waals surface area contributed by atoms with Crippen molar-refractivity contribution in [3.05, 3.63) is 0 Å². The first-order valence-corrected chi connectivity index (χ1v) is 8.19. The summed E-state index contributed by atoms with van der Waals surface area (Å²) < 4.78 is 0. The molecule has 4 atom stereocenters. The van der Waals surface area contributed by atoms with Crippen molar-refractivity contribution in [3.8, 4) is 0 Å². The van der Waals surface area contributed by atoms with Crippen molar-refractivity contribution in [1.82, 2.24) is 0 Å². The lowest BCUT2D eigenvalue weighted by Crippen LogP contribution is -2.48. The number of aliphatic carboxylic acids is 2. The molecule has 0 heterocycles. The monoisotopic (exact) mass is 314 g/mol. The van der Waals surface area contributed by atoms with Gasteiger partial charge in [-0.15, -0.1) is 0 Å². The van der Waals surface area contributed by atoms with Crippen molar-refractivity contribution in [3.63, 3.8) is 0 Å². The van der Waals surface area contributed by atoms with Crippen LogP contribution in [-0.2, 0) is 9.59 Å². The molecule has 0 aromatic heterocycles. The van der Waals surface area contributed by atoms with Gasteiger partial charge in [0.25, 0.3) is 0 Å².